The number of anilines is 1. The van der Waals surface area contributed by atoms with Crippen LogP contribution in [0.25, 0.3) is 0 Å². The molecular weight excluding hydrogens is 376 g/mol. The molecule has 8 nitrogen and oxygen atoms in total. The molecule has 1 fully saturated rings. The van der Waals surface area contributed by atoms with Gasteiger partial charge in [0.1, 0.15) is 5.70 Å². The zero-order valence-corrected chi connectivity index (χ0v) is 16.3. The summed E-state index contributed by atoms with van der Waals surface area (Å²) in [6, 6.07) is 6.85. The normalized spacial score (nSPS) is 16.5. The number of methoxy groups -OCH3 is 2. The molecule has 8 heteroatoms. The molecule has 152 valence electrons. The summed E-state index contributed by atoms with van der Waals surface area (Å²) in [6.45, 7) is 2.06. The van der Waals surface area contributed by atoms with Crippen molar-refractivity contribution in [3.63, 3.8) is 0 Å². The van der Waals surface area contributed by atoms with Gasteiger partial charge in [0.2, 0.25) is 0 Å². The lowest BCUT2D eigenvalue weighted by atomic mass is 10.1. The van der Waals surface area contributed by atoms with Crippen LogP contribution in [0.3, 0.4) is 0 Å². The number of amides is 1. The minimum Gasteiger partial charge on any atom is -0.465 e. The summed E-state index contributed by atoms with van der Waals surface area (Å²) in [5.41, 5.74) is 1.05. The monoisotopic (exact) mass is 398 g/mol. The second kappa shape index (κ2) is 9.20. The van der Waals surface area contributed by atoms with Crippen LogP contribution in [0.2, 0.25) is 0 Å². The number of carbonyl (C=O) groups excluding carboxylic acids is 3. The maximum atomic E-state index is 12.8. The Bertz CT molecular complexity index is 896. The molecule has 1 saturated heterocycles. The number of esters is 2. The third kappa shape index (κ3) is 4.38. The highest BCUT2D eigenvalue weighted by Gasteiger charge is 2.28. The van der Waals surface area contributed by atoms with Gasteiger partial charge in [-0.25, -0.2) is 9.59 Å². The fraction of sp³-hybridized carbons (Fsp3) is 0.286. The lowest BCUT2D eigenvalue weighted by Gasteiger charge is -2.28. The molecule has 0 spiro atoms. The Balaban J connectivity index is 2.02. The Kier molecular flexibility index (Phi) is 6.46. The van der Waals surface area contributed by atoms with Gasteiger partial charge < -0.3 is 24.0 Å². The first-order valence-electron chi connectivity index (χ1n) is 9.09. The van der Waals surface area contributed by atoms with Crippen LogP contribution in [0, 0.1) is 0 Å². The van der Waals surface area contributed by atoms with E-state index in [1.165, 1.54) is 25.2 Å². The molecule has 1 amide bonds. The number of carbonyl (C=O) groups is 3. The van der Waals surface area contributed by atoms with E-state index in [1.807, 2.05) is 0 Å². The molecule has 1 aromatic carbocycles. The highest BCUT2D eigenvalue weighted by atomic mass is 16.5. The minimum atomic E-state index is -0.702. The van der Waals surface area contributed by atoms with E-state index in [1.54, 1.807) is 47.5 Å². The molecule has 2 aliphatic heterocycles. The first kappa shape index (κ1) is 20.3. The average Bonchev–Trinajstić information content (AvgIpc) is 3.01. The summed E-state index contributed by atoms with van der Waals surface area (Å²) < 4.78 is 15.0. The van der Waals surface area contributed by atoms with Crippen molar-refractivity contribution in [2.24, 2.45) is 0 Å². The van der Waals surface area contributed by atoms with Gasteiger partial charge in [0, 0.05) is 30.5 Å². The molecule has 1 aromatic rings. The van der Waals surface area contributed by atoms with Crippen LogP contribution >= 0.6 is 0 Å². The highest BCUT2D eigenvalue weighted by molar-refractivity contribution is 6.05. The maximum Gasteiger partial charge on any atom is 0.355 e. The van der Waals surface area contributed by atoms with Crippen molar-refractivity contribution in [1.29, 1.82) is 0 Å². The zero-order valence-electron chi connectivity index (χ0n) is 16.3. The standard InChI is InChI=1S/C21H22N2O6/c1-27-20(25)17-8-3-4-9-23(18(17)21(26)28-2)16-7-5-6-15(14-16)19(24)22-10-12-29-13-11-22/h3-9,14H,10-13H2,1-2H3. The third-order valence-corrected chi connectivity index (χ3v) is 4.56. The second-order valence-electron chi connectivity index (χ2n) is 6.27. The topological polar surface area (TPSA) is 85.4 Å². The number of benzene rings is 1. The molecule has 0 N–H and O–H groups in total. The van der Waals surface area contributed by atoms with E-state index in [9.17, 15) is 14.4 Å². The number of morpholine rings is 1. The van der Waals surface area contributed by atoms with Gasteiger partial charge in [0.15, 0.2) is 0 Å². The SMILES string of the molecule is COC(=O)C1=C(C(=O)OC)N(c2cccc(C(=O)N3CCOCC3)c2)C=CC=C1. The number of nitrogens with zero attached hydrogens (tertiary/aromatic N) is 2. The van der Waals surface area contributed by atoms with Crippen LogP contribution in [0.1, 0.15) is 10.4 Å². The summed E-state index contributed by atoms with van der Waals surface area (Å²) in [5.74, 6) is -1.49. The minimum absolute atomic E-state index is 0.000298. The zero-order chi connectivity index (χ0) is 20.8. The number of ether oxygens (including phenoxy) is 3. The van der Waals surface area contributed by atoms with Gasteiger partial charge in [0.25, 0.3) is 5.91 Å². The molecule has 0 saturated carbocycles. The molecule has 0 atom stereocenters. The van der Waals surface area contributed by atoms with E-state index in [-0.39, 0.29) is 17.2 Å². The maximum absolute atomic E-state index is 12.8. The van der Waals surface area contributed by atoms with Gasteiger partial charge in [-0.05, 0) is 30.4 Å². The first-order valence-corrected chi connectivity index (χ1v) is 9.09. The largest absolute Gasteiger partial charge is 0.465 e. The Hall–Kier alpha value is -3.39. The van der Waals surface area contributed by atoms with Gasteiger partial charge in [-0.1, -0.05) is 12.1 Å². The quantitative estimate of drug-likeness (QED) is 0.713. The Morgan fingerprint density at radius 1 is 1.00 bits per heavy atom. The van der Waals surface area contributed by atoms with Crippen LogP contribution in [0.15, 0.2) is 60.0 Å². The van der Waals surface area contributed by atoms with Crippen LogP contribution in [0.4, 0.5) is 5.69 Å². The number of allylic oxidation sites excluding steroid dienone is 2. The lowest BCUT2D eigenvalue weighted by Crippen LogP contribution is -2.40. The summed E-state index contributed by atoms with van der Waals surface area (Å²) in [7, 11) is 2.47. The molecule has 0 bridgehead atoms. The van der Waals surface area contributed by atoms with Crippen molar-refractivity contribution >= 4 is 23.5 Å². The van der Waals surface area contributed by atoms with E-state index in [0.717, 1.165) is 0 Å². The summed E-state index contributed by atoms with van der Waals surface area (Å²) in [6.07, 6.45) is 6.40. The van der Waals surface area contributed by atoms with E-state index >= 15 is 0 Å². The van der Waals surface area contributed by atoms with Crippen molar-refractivity contribution in [2.45, 2.75) is 0 Å². The first-order chi connectivity index (χ1) is 14.1. The second-order valence-corrected chi connectivity index (χ2v) is 6.27. The van der Waals surface area contributed by atoms with Crippen molar-refractivity contribution in [2.75, 3.05) is 45.4 Å². The number of hydrogen-bond donors (Lipinski definition) is 0. The summed E-state index contributed by atoms with van der Waals surface area (Å²) >= 11 is 0. The predicted molar refractivity (Wildman–Crippen MR) is 105 cm³/mol. The van der Waals surface area contributed by atoms with E-state index in [2.05, 4.69) is 0 Å². The fourth-order valence-corrected chi connectivity index (χ4v) is 3.10. The number of rotatable bonds is 4. The molecule has 29 heavy (non-hydrogen) atoms. The van der Waals surface area contributed by atoms with Crippen LogP contribution in [-0.2, 0) is 23.8 Å². The van der Waals surface area contributed by atoms with Crippen LogP contribution in [-0.4, -0.2) is 63.3 Å². The van der Waals surface area contributed by atoms with E-state index < -0.39 is 11.9 Å². The lowest BCUT2D eigenvalue weighted by molar-refractivity contribution is -0.139. The Morgan fingerprint density at radius 2 is 1.72 bits per heavy atom. The van der Waals surface area contributed by atoms with Gasteiger partial charge in [-0.3, -0.25) is 4.79 Å². The molecule has 2 heterocycles. The van der Waals surface area contributed by atoms with Crippen molar-refractivity contribution in [3.05, 3.63) is 65.5 Å². The molecule has 0 aromatic heterocycles. The Morgan fingerprint density at radius 3 is 2.41 bits per heavy atom. The number of hydrogen-bond acceptors (Lipinski definition) is 7. The van der Waals surface area contributed by atoms with Crippen LogP contribution in [0.5, 0.6) is 0 Å². The molecule has 2 aliphatic rings. The fourth-order valence-electron chi connectivity index (χ4n) is 3.10. The molecule has 0 aliphatic carbocycles. The van der Waals surface area contributed by atoms with E-state index in [4.69, 9.17) is 14.2 Å². The van der Waals surface area contributed by atoms with Crippen molar-refractivity contribution in [1.82, 2.24) is 4.90 Å². The highest BCUT2D eigenvalue weighted by Crippen LogP contribution is 2.27. The van der Waals surface area contributed by atoms with Gasteiger partial charge in [-0.15, -0.1) is 0 Å². The third-order valence-electron chi connectivity index (χ3n) is 4.56. The van der Waals surface area contributed by atoms with E-state index in [0.29, 0.717) is 37.6 Å². The molecule has 0 unspecified atom stereocenters. The molecule has 3 rings (SSSR count). The van der Waals surface area contributed by atoms with Gasteiger partial charge in [-0.2, -0.15) is 0 Å². The van der Waals surface area contributed by atoms with Crippen molar-refractivity contribution < 1.29 is 28.6 Å². The predicted octanol–water partition coefficient (Wildman–Crippen LogP) is 1.65. The Labute approximate surface area is 168 Å². The van der Waals surface area contributed by atoms with Gasteiger partial charge >= 0.3 is 11.9 Å². The smallest absolute Gasteiger partial charge is 0.355 e. The molecular formula is C21H22N2O6. The van der Waals surface area contributed by atoms with Gasteiger partial charge in [0.05, 0.1) is 33.0 Å². The average molecular weight is 398 g/mol. The van der Waals surface area contributed by atoms with Crippen LogP contribution < -0.4 is 4.90 Å². The summed E-state index contributed by atoms with van der Waals surface area (Å²) in [4.78, 5) is 40.8. The van der Waals surface area contributed by atoms with Crippen molar-refractivity contribution in [3.8, 4) is 0 Å². The molecule has 0 radical (unpaired) electrons. The summed E-state index contributed by atoms with van der Waals surface area (Å²) in [5, 5.41) is 0.